The number of hydrogen-bond acceptors (Lipinski definition) is 8. The average Bonchev–Trinajstić information content (AvgIpc) is 3.11. The van der Waals surface area contributed by atoms with Crippen LogP contribution in [0, 0.1) is 6.92 Å². The molecule has 3 aromatic rings. The van der Waals surface area contributed by atoms with Gasteiger partial charge in [-0.2, -0.15) is 15.0 Å². The molecule has 0 unspecified atom stereocenters. The first kappa shape index (κ1) is 17.4. The second kappa shape index (κ2) is 7.71. The largest absolute Gasteiger partial charge is 0.454 e. The fourth-order valence-electron chi connectivity index (χ4n) is 2.62. The number of thioether (sulfide) groups is 1. The van der Waals surface area contributed by atoms with Crippen LogP contribution in [0.15, 0.2) is 42.5 Å². The lowest BCUT2D eigenvalue weighted by Gasteiger charge is -2.08. The highest BCUT2D eigenvalue weighted by molar-refractivity contribution is 7.97. The first-order valence-corrected chi connectivity index (χ1v) is 9.61. The van der Waals surface area contributed by atoms with E-state index in [4.69, 9.17) is 15.2 Å². The third kappa shape index (κ3) is 4.40. The van der Waals surface area contributed by atoms with Gasteiger partial charge in [-0.25, -0.2) is 0 Å². The van der Waals surface area contributed by atoms with Crippen molar-refractivity contribution in [3.8, 4) is 11.5 Å². The number of anilines is 3. The van der Waals surface area contributed by atoms with Gasteiger partial charge in [0.2, 0.25) is 18.7 Å². The number of aromatic nitrogens is 3. The lowest BCUT2D eigenvalue weighted by Crippen LogP contribution is -2.06. The summed E-state index contributed by atoms with van der Waals surface area (Å²) in [6.45, 7) is 2.33. The van der Waals surface area contributed by atoms with Crippen LogP contribution in [-0.2, 0) is 11.5 Å². The number of nitrogens with two attached hydrogens (primary N) is 1. The number of benzene rings is 2. The monoisotopic (exact) mass is 381 g/mol. The predicted octanol–water partition coefficient (Wildman–Crippen LogP) is 3.67. The second-order valence-electron chi connectivity index (χ2n) is 6.10. The summed E-state index contributed by atoms with van der Waals surface area (Å²) in [5.41, 5.74) is 9.09. The van der Waals surface area contributed by atoms with Gasteiger partial charge in [-0.15, -0.1) is 11.8 Å². The van der Waals surface area contributed by atoms with E-state index in [0.29, 0.717) is 17.5 Å². The molecule has 3 N–H and O–H groups in total. The molecule has 138 valence electrons. The molecule has 2 heterocycles. The molecule has 0 spiro atoms. The lowest BCUT2D eigenvalue weighted by molar-refractivity contribution is 0.174. The maximum absolute atomic E-state index is 5.84. The first-order valence-electron chi connectivity index (χ1n) is 8.46. The van der Waals surface area contributed by atoms with Crippen LogP contribution in [-0.4, -0.2) is 21.7 Å². The molecule has 4 rings (SSSR count). The topological polar surface area (TPSA) is 95.2 Å². The van der Waals surface area contributed by atoms with E-state index in [2.05, 4.69) is 20.3 Å². The van der Waals surface area contributed by atoms with Crippen LogP contribution in [0.1, 0.15) is 17.0 Å². The minimum Gasteiger partial charge on any atom is -0.454 e. The molecule has 1 aliphatic rings. The van der Waals surface area contributed by atoms with Gasteiger partial charge in [0, 0.05) is 11.4 Å². The smallest absolute Gasteiger partial charge is 0.232 e. The maximum atomic E-state index is 5.84. The highest BCUT2D eigenvalue weighted by Gasteiger charge is 2.13. The van der Waals surface area contributed by atoms with Gasteiger partial charge in [-0.3, -0.25) is 0 Å². The average molecular weight is 381 g/mol. The molecular weight excluding hydrogens is 362 g/mol. The van der Waals surface area contributed by atoms with E-state index in [-0.39, 0.29) is 12.7 Å². The Hall–Kier alpha value is -3.00. The molecule has 0 bridgehead atoms. The van der Waals surface area contributed by atoms with Gasteiger partial charge < -0.3 is 20.5 Å². The summed E-state index contributed by atoms with van der Waals surface area (Å²) >= 11 is 1.70. The SMILES string of the molecule is Cc1ccc(Nc2nc(N)nc(CSCc3ccc4c(c3)OCO4)n2)cc1. The van der Waals surface area contributed by atoms with Gasteiger partial charge in [0.05, 0.1) is 5.75 Å². The number of nitrogens with zero attached hydrogens (tertiary/aromatic N) is 3. The minimum atomic E-state index is 0.207. The summed E-state index contributed by atoms with van der Waals surface area (Å²) in [5.74, 6) is 4.32. The van der Waals surface area contributed by atoms with E-state index in [1.807, 2.05) is 49.4 Å². The quantitative estimate of drug-likeness (QED) is 0.668. The van der Waals surface area contributed by atoms with Gasteiger partial charge in [0.1, 0.15) is 5.82 Å². The van der Waals surface area contributed by atoms with E-state index in [1.165, 1.54) is 5.56 Å². The predicted molar refractivity (Wildman–Crippen MR) is 106 cm³/mol. The molecule has 0 radical (unpaired) electrons. The number of nitrogens with one attached hydrogen (secondary N) is 1. The summed E-state index contributed by atoms with van der Waals surface area (Å²) in [6, 6.07) is 14.0. The van der Waals surface area contributed by atoms with Crippen molar-refractivity contribution >= 4 is 29.3 Å². The molecule has 0 amide bonds. The molecule has 8 heteroatoms. The number of aryl methyl sites for hydroxylation is 1. The van der Waals surface area contributed by atoms with Crippen LogP contribution in [0.5, 0.6) is 11.5 Å². The van der Waals surface area contributed by atoms with E-state index >= 15 is 0 Å². The second-order valence-corrected chi connectivity index (χ2v) is 7.09. The Kier molecular flexibility index (Phi) is 4.97. The molecule has 0 saturated heterocycles. The molecule has 0 atom stereocenters. The third-order valence-corrected chi connectivity index (χ3v) is 4.94. The molecule has 0 aliphatic carbocycles. The van der Waals surface area contributed by atoms with Crippen molar-refractivity contribution in [3.05, 3.63) is 59.4 Å². The van der Waals surface area contributed by atoms with Crippen LogP contribution in [0.4, 0.5) is 17.6 Å². The molecule has 27 heavy (non-hydrogen) atoms. The van der Waals surface area contributed by atoms with Crippen molar-refractivity contribution < 1.29 is 9.47 Å². The highest BCUT2D eigenvalue weighted by atomic mass is 32.2. The summed E-state index contributed by atoms with van der Waals surface area (Å²) < 4.78 is 10.7. The summed E-state index contributed by atoms with van der Waals surface area (Å²) in [6.07, 6.45) is 0. The fourth-order valence-corrected chi connectivity index (χ4v) is 3.44. The molecule has 1 aliphatic heterocycles. The fraction of sp³-hybridized carbons (Fsp3) is 0.211. The van der Waals surface area contributed by atoms with Gasteiger partial charge in [-0.05, 0) is 36.8 Å². The molecule has 7 nitrogen and oxygen atoms in total. The standard InChI is InChI=1S/C19H19N5O2S/c1-12-2-5-14(6-3-12)21-19-23-17(22-18(20)24-19)10-27-9-13-4-7-15-16(8-13)26-11-25-15/h2-8H,9-11H2,1H3,(H3,20,21,22,23,24). The third-order valence-electron chi connectivity index (χ3n) is 3.94. The minimum absolute atomic E-state index is 0.207. The maximum Gasteiger partial charge on any atom is 0.232 e. The Morgan fingerprint density at radius 1 is 1.00 bits per heavy atom. The number of ether oxygens (including phenoxy) is 2. The Morgan fingerprint density at radius 2 is 1.81 bits per heavy atom. The molecule has 0 saturated carbocycles. The molecule has 0 fully saturated rings. The van der Waals surface area contributed by atoms with Crippen molar-refractivity contribution in [3.63, 3.8) is 0 Å². The Bertz CT molecular complexity index is 949. The van der Waals surface area contributed by atoms with E-state index in [1.54, 1.807) is 11.8 Å². The number of hydrogen-bond donors (Lipinski definition) is 2. The lowest BCUT2D eigenvalue weighted by atomic mass is 10.2. The number of fused-ring (bicyclic) bond motifs is 1. The summed E-state index contributed by atoms with van der Waals surface area (Å²) in [4.78, 5) is 12.9. The first-order chi connectivity index (χ1) is 13.2. The van der Waals surface area contributed by atoms with Gasteiger partial charge in [0.15, 0.2) is 11.5 Å². The van der Waals surface area contributed by atoms with Crippen LogP contribution in [0.3, 0.4) is 0 Å². The zero-order valence-electron chi connectivity index (χ0n) is 14.8. The Morgan fingerprint density at radius 3 is 2.67 bits per heavy atom. The number of rotatable bonds is 6. The molecule has 1 aromatic heterocycles. The van der Waals surface area contributed by atoms with Gasteiger partial charge >= 0.3 is 0 Å². The van der Waals surface area contributed by atoms with Crippen LogP contribution < -0.4 is 20.5 Å². The van der Waals surface area contributed by atoms with Crippen molar-refractivity contribution in [2.24, 2.45) is 0 Å². The normalized spacial score (nSPS) is 12.2. The van der Waals surface area contributed by atoms with Crippen molar-refractivity contribution in [2.75, 3.05) is 17.8 Å². The van der Waals surface area contributed by atoms with Crippen molar-refractivity contribution in [1.29, 1.82) is 0 Å². The molecule has 2 aromatic carbocycles. The Labute approximate surface area is 161 Å². The zero-order valence-corrected chi connectivity index (χ0v) is 15.6. The summed E-state index contributed by atoms with van der Waals surface area (Å²) in [5, 5.41) is 3.17. The van der Waals surface area contributed by atoms with Crippen molar-refractivity contribution in [2.45, 2.75) is 18.4 Å². The van der Waals surface area contributed by atoms with Crippen LogP contribution in [0.2, 0.25) is 0 Å². The van der Waals surface area contributed by atoms with Gasteiger partial charge in [0.25, 0.3) is 0 Å². The van der Waals surface area contributed by atoms with Crippen LogP contribution in [0.25, 0.3) is 0 Å². The van der Waals surface area contributed by atoms with Crippen LogP contribution >= 0.6 is 11.8 Å². The zero-order chi connectivity index (χ0) is 18.6. The Balaban J connectivity index is 1.38. The molecular formula is C19H19N5O2S. The van der Waals surface area contributed by atoms with Crippen molar-refractivity contribution in [1.82, 2.24) is 15.0 Å². The van der Waals surface area contributed by atoms with E-state index < -0.39 is 0 Å². The number of nitrogen functional groups attached to an aromatic ring is 1. The van der Waals surface area contributed by atoms with Gasteiger partial charge in [-0.1, -0.05) is 23.8 Å². The highest BCUT2D eigenvalue weighted by Crippen LogP contribution is 2.33. The summed E-state index contributed by atoms with van der Waals surface area (Å²) in [7, 11) is 0. The van der Waals surface area contributed by atoms with E-state index in [0.717, 1.165) is 28.5 Å². The van der Waals surface area contributed by atoms with E-state index in [9.17, 15) is 0 Å².